The van der Waals surface area contributed by atoms with E-state index in [0.717, 1.165) is 6.92 Å². The zero-order valence-corrected chi connectivity index (χ0v) is 11.1. The molecule has 0 radical (unpaired) electrons. The van der Waals surface area contributed by atoms with Crippen LogP contribution in [0.25, 0.3) is 0 Å². The van der Waals surface area contributed by atoms with Crippen LogP contribution in [0.4, 0.5) is 0 Å². The van der Waals surface area contributed by atoms with Gasteiger partial charge in [0.25, 0.3) is 0 Å². The maximum absolute atomic E-state index is 11.8. The van der Waals surface area contributed by atoms with E-state index in [0.29, 0.717) is 4.90 Å². The summed E-state index contributed by atoms with van der Waals surface area (Å²) in [4.78, 5) is 34.2. The number of aliphatic hydroxyl groups excluding tert-OH is 4. The first kappa shape index (κ1) is 17.5. The molecule has 0 aromatic heterocycles. The van der Waals surface area contributed by atoms with Crippen molar-refractivity contribution in [1.82, 2.24) is 4.90 Å². The molecule has 0 bridgehead atoms. The van der Waals surface area contributed by atoms with Crippen LogP contribution in [0.5, 0.6) is 0 Å². The predicted molar refractivity (Wildman–Crippen MR) is 63.5 cm³/mol. The number of aliphatic hydroxyl groups is 4. The van der Waals surface area contributed by atoms with Gasteiger partial charge in [-0.25, -0.2) is 0 Å². The summed E-state index contributed by atoms with van der Waals surface area (Å²) >= 11 is 0. The molecule has 0 spiro atoms. The Morgan fingerprint density at radius 2 is 1.71 bits per heavy atom. The van der Waals surface area contributed by atoms with Crippen LogP contribution in [0.1, 0.15) is 13.3 Å². The largest absolute Gasteiger partial charge is 0.481 e. The number of carbonyl (C=O) groups excluding carboxylic acids is 2. The Balaban J connectivity index is 3.04. The summed E-state index contributed by atoms with van der Waals surface area (Å²) in [5, 5.41) is 46.9. The van der Waals surface area contributed by atoms with Crippen molar-refractivity contribution in [2.75, 3.05) is 6.61 Å². The second-order valence-electron chi connectivity index (χ2n) is 4.57. The van der Waals surface area contributed by atoms with E-state index in [1.807, 2.05) is 0 Å². The van der Waals surface area contributed by atoms with Crippen molar-refractivity contribution in [2.24, 2.45) is 0 Å². The summed E-state index contributed by atoms with van der Waals surface area (Å²) in [6.45, 7) is 0.231. The Hall–Kier alpha value is -1.59. The SMILES string of the molecule is CC(=O)N(C(=O)CC(=O)O)[C@@H]1[C@@H](O)[C@H](O)[C@@H](CO)O[C@@H]1O. The maximum atomic E-state index is 11.8. The molecule has 0 aliphatic carbocycles. The van der Waals surface area contributed by atoms with E-state index < -0.39 is 61.5 Å². The van der Waals surface area contributed by atoms with Gasteiger partial charge in [0, 0.05) is 6.92 Å². The first-order valence-corrected chi connectivity index (χ1v) is 6.05. The highest BCUT2D eigenvalue weighted by Crippen LogP contribution is 2.24. The zero-order valence-electron chi connectivity index (χ0n) is 11.1. The number of imide groups is 1. The standard InChI is InChI=1S/C11H17NO9/c1-4(14)12(6(15)2-7(16)17)8-10(19)9(18)5(3-13)21-11(8)20/h5,8-11,13,18-20H,2-3H2,1H3,(H,16,17)/t5-,8-,9-,10-,11+/m1/s1. The molecule has 1 fully saturated rings. The zero-order chi connectivity index (χ0) is 16.3. The number of nitrogens with zero attached hydrogens (tertiary/aromatic N) is 1. The lowest BCUT2D eigenvalue weighted by atomic mass is 9.95. The highest BCUT2D eigenvalue weighted by molar-refractivity contribution is 6.02. The molecule has 5 atom stereocenters. The van der Waals surface area contributed by atoms with Crippen LogP contribution in [-0.2, 0) is 19.1 Å². The molecular weight excluding hydrogens is 290 g/mol. The number of rotatable bonds is 4. The second kappa shape index (κ2) is 6.91. The molecule has 1 heterocycles. The lowest BCUT2D eigenvalue weighted by Gasteiger charge is -2.43. The van der Waals surface area contributed by atoms with Crippen molar-refractivity contribution >= 4 is 17.8 Å². The first-order valence-electron chi connectivity index (χ1n) is 6.05. The van der Waals surface area contributed by atoms with Crippen LogP contribution in [0.15, 0.2) is 0 Å². The van der Waals surface area contributed by atoms with Gasteiger partial charge in [0.2, 0.25) is 11.8 Å². The number of amides is 2. The van der Waals surface area contributed by atoms with Gasteiger partial charge >= 0.3 is 5.97 Å². The van der Waals surface area contributed by atoms with E-state index >= 15 is 0 Å². The van der Waals surface area contributed by atoms with Crippen LogP contribution in [0, 0.1) is 0 Å². The third-order valence-electron chi connectivity index (χ3n) is 3.08. The van der Waals surface area contributed by atoms with Gasteiger partial charge in [-0.1, -0.05) is 0 Å². The second-order valence-corrected chi connectivity index (χ2v) is 4.57. The predicted octanol–water partition coefficient (Wildman–Crippen LogP) is -3.36. The molecule has 120 valence electrons. The van der Waals surface area contributed by atoms with Crippen molar-refractivity contribution in [3.63, 3.8) is 0 Å². The molecule has 10 heteroatoms. The third-order valence-corrected chi connectivity index (χ3v) is 3.08. The van der Waals surface area contributed by atoms with Gasteiger partial charge in [-0.2, -0.15) is 0 Å². The van der Waals surface area contributed by atoms with Gasteiger partial charge in [-0.15, -0.1) is 0 Å². The Kier molecular flexibility index (Phi) is 5.75. The van der Waals surface area contributed by atoms with Crippen molar-refractivity contribution in [1.29, 1.82) is 0 Å². The van der Waals surface area contributed by atoms with Crippen LogP contribution < -0.4 is 0 Å². The fraction of sp³-hybridized carbons (Fsp3) is 0.727. The van der Waals surface area contributed by atoms with Crippen molar-refractivity contribution < 1.29 is 44.7 Å². The number of carboxylic acid groups (broad SMARTS) is 1. The summed E-state index contributed by atoms with van der Waals surface area (Å²) in [5.74, 6) is -3.60. The average molecular weight is 307 g/mol. The summed E-state index contributed by atoms with van der Waals surface area (Å²) < 4.78 is 4.82. The summed E-state index contributed by atoms with van der Waals surface area (Å²) in [6, 6.07) is -1.67. The van der Waals surface area contributed by atoms with Gasteiger partial charge in [-0.3, -0.25) is 19.3 Å². The number of aliphatic carboxylic acids is 1. The minimum Gasteiger partial charge on any atom is -0.481 e. The van der Waals surface area contributed by atoms with Crippen LogP contribution in [0.2, 0.25) is 0 Å². The molecule has 1 aliphatic heterocycles. The quantitative estimate of drug-likeness (QED) is 0.333. The molecule has 5 N–H and O–H groups in total. The number of carboxylic acids is 1. The van der Waals surface area contributed by atoms with Gasteiger partial charge in [0.1, 0.15) is 30.8 Å². The van der Waals surface area contributed by atoms with E-state index in [2.05, 4.69) is 0 Å². The van der Waals surface area contributed by atoms with E-state index in [4.69, 9.17) is 14.9 Å². The highest BCUT2D eigenvalue weighted by Gasteiger charge is 2.49. The lowest BCUT2D eigenvalue weighted by molar-refractivity contribution is -0.268. The minimum atomic E-state index is -1.87. The van der Waals surface area contributed by atoms with Gasteiger partial charge in [0.05, 0.1) is 6.61 Å². The number of hydrogen-bond donors (Lipinski definition) is 5. The lowest BCUT2D eigenvalue weighted by Crippen LogP contribution is -2.66. The molecule has 0 unspecified atom stereocenters. The number of hydrogen-bond acceptors (Lipinski definition) is 8. The smallest absolute Gasteiger partial charge is 0.312 e. The molecule has 0 aromatic rings. The molecular formula is C11H17NO9. The average Bonchev–Trinajstić information content (AvgIpc) is 2.37. The fourth-order valence-electron chi connectivity index (χ4n) is 2.13. The first-order chi connectivity index (χ1) is 9.70. The summed E-state index contributed by atoms with van der Waals surface area (Å²) in [6.07, 6.45) is -7.66. The van der Waals surface area contributed by atoms with Gasteiger partial charge < -0.3 is 30.3 Å². The molecule has 1 rings (SSSR count). The topological polar surface area (TPSA) is 165 Å². The molecule has 1 aliphatic rings. The van der Waals surface area contributed by atoms with E-state index in [-0.39, 0.29) is 0 Å². The number of ether oxygens (including phenoxy) is 1. The molecule has 0 aromatic carbocycles. The monoisotopic (exact) mass is 307 g/mol. The van der Waals surface area contributed by atoms with Crippen LogP contribution >= 0.6 is 0 Å². The summed E-state index contributed by atoms with van der Waals surface area (Å²) in [5.41, 5.74) is 0. The Morgan fingerprint density at radius 3 is 2.14 bits per heavy atom. The molecule has 2 amide bonds. The van der Waals surface area contributed by atoms with Crippen molar-refractivity contribution in [3.05, 3.63) is 0 Å². The number of carbonyl (C=O) groups is 3. The Bertz CT molecular complexity index is 426. The Morgan fingerprint density at radius 1 is 1.14 bits per heavy atom. The molecule has 21 heavy (non-hydrogen) atoms. The van der Waals surface area contributed by atoms with E-state index in [1.54, 1.807) is 0 Å². The Labute approximate surface area is 119 Å². The van der Waals surface area contributed by atoms with E-state index in [1.165, 1.54) is 0 Å². The van der Waals surface area contributed by atoms with Gasteiger partial charge in [0.15, 0.2) is 6.29 Å². The van der Waals surface area contributed by atoms with Crippen LogP contribution in [-0.4, -0.2) is 85.5 Å². The van der Waals surface area contributed by atoms with Crippen LogP contribution in [0.3, 0.4) is 0 Å². The van der Waals surface area contributed by atoms with E-state index in [9.17, 15) is 29.7 Å². The van der Waals surface area contributed by atoms with Crippen molar-refractivity contribution in [2.45, 2.75) is 44.0 Å². The fourth-order valence-corrected chi connectivity index (χ4v) is 2.13. The highest BCUT2D eigenvalue weighted by atomic mass is 16.6. The third kappa shape index (κ3) is 3.74. The van der Waals surface area contributed by atoms with Gasteiger partial charge in [-0.05, 0) is 0 Å². The molecule has 10 nitrogen and oxygen atoms in total. The maximum Gasteiger partial charge on any atom is 0.312 e. The normalized spacial score (nSPS) is 32.5. The summed E-state index contributed by atoms with van der Waals surface area (Å²) in [7, 11) is 0. The minimum absolute atomic E-state index is 0.334. The molecule has 0 saturated carbocycles. The van der Waals surface area contributed by atoms with Crippen molar-refractivity contribution in [3.8, 4) is 0 Å². The molecule has 1 saturated heterocycles.